The second-order valence-electron chi connectivity index (χ2n) is 7.23. The molecule has 0 saturated carbocycles. The first-order chi connectivity index (χ1) is 16.7. The van der Waals surface area contributed by atoms with E-state index in [2.05, 4.69) is 22.1 Å². The maximum Gasteiger partial charge on any atom is 2.00 e. The van der Waals surface area contributed by atoms with Gasteiger partial charge in [0.25, 0.3) is 0 Å². The molecule has 0 saturated heterocycles. The molecule has 4 nitrogen and oxygen atoms in total. The largest absolute Gasteiger partial charge is 2.00 e. The van der Waals surface area contributed by atoms with Gasteiger partial charge in [-0.05, 0) is 35.1 Å². The second-order valence-corrected chi connectivity index (χ2v) is 7.23. The minimum Gasteiger partial charge on any atom is -0.460 e. The molecule has 0 unspecified atom stereocenters. The predicted octanol–water partition coefficient (Wildman–Crippen LogP) is 6.63. The number of nitrogens with zero attached hydrogens (tertiary/aromatic N) is 3. The fourth-order valence-corrected chi connectivity index (χ4v) is 3.85. The molecule has 3 aromatic heterocycles. The van der Waals surface area contributed by atoms with Gasteiger partial charge >= 0.3 is 21.1 Å². The van der Waals surface area contributed by atoms with E-state index < -0.39 is 0 Å². The summed E-state index contributed by atoms with van der Waals surface area (Å²) in [5, 5.41) is 2.03. The SMILES string of the molecule is [2H]c1ccc([2H])c(-n2c3[c-]c(-c4[c-]c(Oc5ccccn5)ccc4)ccc3c3ccccc32)n1.[Pt+2]. The number of hydrogen-bond donors (Lipinski definition) is 0. The van der Waals surface area contributed by atoms with Crippen LogP contribution in [-0.4, -0.2) is 14.5 Å². The summed E-state index contributed by atoms with van der Waals surface area (Å²) in [6.45, 7) is 0. The van der Waals surface area contributed by atoms with E-state index >= 15 is 0 Å². The molecule has 33 heavy (non-hydrogen) atoms. The van der Waals surface area contributed by atoms with E-state index in [1.54, 1.807) is 18.3 Å². The smallest absolute Gasteiger partial charge is 0.460 e. The van der Waals surface area contributed by atoms with Crippen LogP contribution < -0.4 is 4.74 Å². The van der Waals surface area contributed by atoms with E-state index in [9.17, 15) is 0 Å². The maximum atomic E-state index is 8.44. The Kier molecular flexibility index (Phi) is 5.13. The van der Waals surface area contributed by atoms with Crippen LogP contribution in [-0.2, 0) is 21.1 Å². The number of aromatic nitrogens is 3. The monoisotopic (exact) mass is 608 g/mol. The van der Waals surface area contributed by atoms with Crippen LogP contribution in [0.2, 0.25) is 0 Å². The summed E-state index contributed by atoms with van der Waals surface area (Å²) >= 11 is 0. The Morgan fingerprint density at radius 2 is 1.64 bits per heavy atom. The molecule has 0 aliphatic rings. The molecule has 0 aliphatic heterocycles. The van der Waals surface area contributed by atoms with Crippen molar-refractivity contribution in [2.45, 2.75) is 0 Å². The molecule has 0 fully saturated rings. The van der Waals surface area contributed by atoms with Crippen molar-refractivity contribution in [3.05, 3.63) is 115 Å². The van der Waals surface area contributed by atoms with Crippen LogP contribution in [0.5, 0.6) is 11.6 Å². The van der Waals surface area contributed by atoms with Gasteiger partial charge in [0.1, 0.15) is 5.82 Å². The van der Waals surface area contributed by atoms with Gasteiger partial charge in [0.2, 0.25) is 5.88 Å². The van der Waals surface area contributed by atoms with Gasteiger partial charge in [0.15, 0.2) is 0 Å². The Labute approximate surface area is 208 Å². The number of hydrogen-bond acceptors (Lipinski definition) is 3. The van der Waals surface area contributed by atoms with Crippen LogP contribution in [0, 0.1) is 12.1 Å². The van der Waals surface area contributed by atoms with Crippen molar-refractivity contribution in [2.24, 2.45) is 0 Å². The van der Waals surface area contributed by atoms with Gasteiger partial charge in [-0.15, -0.1) is 18.2 Å². The van der Waals surface area contributed by atoms with Crippen LogP contribution in [0.4, 0.5) is 0 Å². The first kappa shape index (κ1) is 18.8. The first-order valence-electron chi connectivity index (χ1n) is 11.2. The third-order valence-corrected chi connectivity index (χ3v) is 5.25. The molecule has 3 heterocycles. The van der Waals surface area contributed by atoms with Gasteiger partial charge in [-0.3, -0.25) is 0 Å². The summed E-state index contributed by atoms with van der Waals surface area (Å²) < 4.78 is 24.2. The fraction of sp³-hybridized carbons (Fsp3) is 0. The van der Waals surface area contributed by atoms with Gasteiger partial charge in [-0.2, -0.15) is 24.3 Å². The number of para-hydroxylation sites is 1. The molecular formula is C28H17N3OPt. The fourth-order valence-electron chi connectivity index (χ4n) is 3.85. The van der Waals surface area contributed by atoms with Gasteiger partial charge in [-0.1, -0.05) is 35.7 Å². The Hall–Kier alpha value is -3.75. The zero-order chi connectivity index (χ0) is 23.1. The molecule has 6 rings (SSSR count). The Bertz CT molecular complexity index is 1670. The number of ether oxygens (including phenoxy) is 1. The third-order valence-electron chi connectivity index (χ3n) is 5.25. The molecule has 0 N–H and O–H groups in total. The third kappa shape index (κ3) is 3.94. The van der Waals surface area contributed by atoms with E-state index in [4.69, 9.17) is 7.48 Å². The minimum atomic E-state index is 0. The predicted molar refractivity (Wildman–Crippen MR) is 126 cm³/mol. The van der Waals surface area contributed by atoms with Crippen LogP contribution >= 0.6 is 0 Å². The average molecular weight is 609 g/mol. The topological polar surface area (TPSA) is 39.9 Å². The van der Waals surface area contributed by atoms with E-state index in [1.165, 1.54) is 6.07 Å². The van der Waals surface area contributed by atoms with E-state index in [-0.39, 0.29) is 33.3 Å². The summed E-state index contributed by atoms with van der Waals surface area (Å²) in [4.78, 5) is 8.57. The molecule has 0 atom stereocenters. The van der Waals surface area contributed by atoms with E-state index in [0.29, 0.717) is 17.4 Å². The van der Waals surface area contributed by atoms with Gasteiger partial charge in [0.05, 0.1) is 2.74 Å². The summed E-state index contributed by atoms with van der Waals surface area (Å²) in [6, 6.07) is 33.4. The Morgan fingerprint density at radius 1 is 0.758 bits per heavy atom. The molecular weight excluding hydrogens is 589 g/mol. The van der Waals surface area contributed by atoms with Crippen molar-refractivity contribution in [3.8, 4) is 28.6 Å². The number of pyridine rings is 2. The zero-order valence-electron chi connectivity index (χ0n) is 19.2. The van der Waals surface area contributed by atoms with Crippen LogP contribution in [0.1, 0.15) is 2.74 Å². The minimum absolute atomic E-state index is 0. The van der Waals surface area contributed by atoms with Crippen molar-refractivity contribution in [1.29, 1.82) is 0 Å². The zero-order valence-corrected chi connectivity index (χ0v) is 19.5. The number of fused-ring (bicyclic) bond motifs is 3. The van der Waals surface area contributed by atoms with Gasteiger partial charge < -0.3 is 9.30 Å². The molecule has 5 heteroatoms. The van der Waals surface area contributed by atoms with Crippen molar-refractivity contribution in [3.63, 3.8) is 0 Å². The number of benzene rings is 3. The molecule has 0 radical (unpaired) electrons. The van der Waals surface area contributed by atoms with Crippen molar-refractivity contribution in [2.75, 3.05) is 0 Å². The molecule has 3 aromatic carbocycles. The van der Waals surface area contributed by atoms with E-state index in [0.717, 1.165) is 32.9 Å². The molecule has 0 amide bonds. The summed E-state index contributed by atoms with van der Waals surface area (Å²) in [5.41, 5.74) is 3.35. The standard InChI is InChI=1S/C28H17N3O.Pt/c1-2-11-25-23(10-1)24-15-14-21(19-26(24)31(25)27-12-3-5-16-29-27)20-8-7-9-22(18-20)32-28-13-4-6-17-30-28;/h1-17H;/q-2;+2/i12D,16D;. The van der Waals surface area contributed by atoms with Crippen molar-refractivity contribution >= 4 is 21.8 Å². The first-order valence-corrected chi connectivity index (χ1v) is 10.2. The van der Waals surface area contributed by atoms with Crippen LogP contribution in [0.25, 0.3) is 38.8 Å². The second kappa shape index (κ2) is 9.01. The molecule has 0 bridgehead atoms. The molecule has 6 aromatic rings. The van der Waals surface area contributed by atoms with Crippen molar-refractivity contribution in [1.82, 2.24) is 14.5 Å². The molecule has 0 spiro atoms. The number of rotatable bonds is 4. The summed E-state index contributed by atoms with van der Waals surface area (Å²) in [5.74, 6) is 1.46. The molecule has 0 aliphatic carbocycles. The average Bonchev–Trinajstić information content (AvgIpc) is 3.20. The quantitative estimate of drug-likeness (QED) is 0.211. The van der Waals surface area contributed by atoms with E-state index in [1.807, 2.05) is 71.3 Å². The Morgan fingerprint density at radius 3 is 2.55 bits per heavy atom. The van der Waals surface area contributed by atoms with Crippen molar-refractivity contribution < 1.29 is 28.5 Å². The molecule has 160 valence electrons. The summed E-state index contributed by atoms with van der Waals surface area (Å²) in [7, 11) is 0. The normalized spacial score (nSPS) is 11.6. The van der Waals surface area contributed by atoms with Gasteiger partial charge in [-0.25, -0.2) is 21.1 Å². The van der Waals surface area contributed by atoms with Gasteiger partial charge in [0, 0.05) is 29.7 Å². The summed E-state index contributed by atoms with van der Waals surface area (Å²) in [6.07, 6.45) is 1.79. The maximum absolute atomic E-state index is 8.44. The van der Waals surface area contributed by atoms with Crippen LogP contribution in [0.3, 0.4) is 0 Å². The Balaban J connectivity index is 0.00000253. The van der Waals surface area contributed by atoms with Crippen LogP contribution in [0.15, 0.2) is 103 Å².